The number of hydrogen-bond donors (Lipinski definition) is 1. The average molecular weight is 211 g/mol. The van der Waals surface area contributed by atoms with Crippen molar-refractivity contribution in [3.05, 3.63) is 27.7 Å². The standard InChI is InChI=1S/C8H7BrN2/c1-5-2-3-7(11)8(9)6(5)4-10/h2-3H,11H2,1H3. The lowest BCUT2D eigenvalue weighted by atomic mass is 10.1. The van der Waals surface area contributed by atoms with Gasteiger partial charge in [-0.25, -0.2) is 0 Å². The molecule has 1 aromatic carbocycles. The zero-order valence-electron chi connectivity index (χ0n) is 6.06. The molecule has 0 atom stereocenters. The van der Waals surface area contributed by atoms with Crippen LogP contribution in [-0.4, -0.2) is 0 Å². The normalized spacial score (nSPS) is 9.18. The van der Waals surface area contributed by atoms with Gasteiger partial charge >= 0.3 is 0 Å². The van der Waals surface area contributed by atoms with E-state index in [0.29, 0.717) is 15.7 Å². The van der Waals surface area contributed by atoms with E-state index in [4.69, 9.17) is 11.0 Å². The van der Waals surface area contributed by atoms with Gasteiger partial charge in [-0.05, 0) is 34.5 Å². The predicted octanol–water partition coefficient (Wildman–Crippen LogP) is 2.21. The number of nitriles is 1. The highest BCUT2D eigenvalue weighted by Crippen LogP contribution is 2.25. The fraction of sp³-hybridized carbons (Fsp3) is 0.125. The van der Waals surface area contributed by atoms with Gasteiger partial charge in [-0.1, -0.05) is 6.07 Å². The van der Waals surface area contributed by atoms with Gasteiger partial charge in [0, 0.05) is 5.69 Å². The van der Waals surface area contributed by atoms with Crippen LogP contribution in [0.2, 0.25) is 0 Å². The maximum atomic E-state index is 8.69. The SMILES string of the molecule is Cc1ccc(N)c(Br)c1C#N. The molecule has 2 nitrogen and oxygen atoms in total. The van der Waals surface area contributed by atoms with Gasteiger partial charge in [0.2, 0.25) is 0 Å². The van der Waals surface area contributed by atoms with E-state index in [1.807, 2.05) is 13.0 Å². The number of nitrogen functional groups attached to an aromatic ring is 1. The highest BCUT2D eigenvalue weighted by atomic mass is 79.9. The first-order valence-corrected chi connectivity index (χ1v) is 3.90. The van der Waals surface area contributed by atoms with Gasteiger partial charge < -0.3 is 5.73 Å². The third-order valence-corrected chi connectivity index (χ3v) is 2.35. The van der Waals surface area contributed by atoms with Crippen molar-refractivity contribution in [1.82, 2.24) is 0 Å². The van der Waals surface area contributed by atoms with E-state index in [1.165, 1.54) is 0 Å². The van der Waals surface area contributed by atoms with Crippen molar-refractivity contribution in [2.24, 2.45) is 0 Å². The van der Waals surface area contributed by atoms with Crippen LogP contribution in [0.15, 0.2) is 16.6 Å². The Morgan fingerprint density at radius 1 is 1.55 bits per heavy atom. The van der Waals surface area contributed by atoms with E-state index in [0.717, 1.165) is 5.56 Å². The highest BCUT2D eigenvalue weighted by Gasteiger charge is 2.04. The summed E-state index contributed by atoms with van der Waals surface area (Å²) in [7, 11) is 0. The molecular formula is C8H7BrN2. The summed E-state index contributed by atoms with van der Waals surface area (Å²) in [4.78, 5) is 0. The maximum Gasteiger partial charge on any atom is 0.101 e. The Bertz CT molecular complexity index is 326. The van der Waals surface area contributed by atoms with Gasteiger partial charge in [0.25, 0.3) is 0 Å². The van der Waals surface area contributed by atoms with E-state index in [2.05, 4.69) is 22.0 Å². The number of benzene rings is 1. The lowest BCUT2D eigenvalue weighted by molar-refractivity contribution is 1.37. The molecule has 0 amide bonds. The van der Waals surface area contributed by atoms with Gasteiger partial charge in [-0.3, -0.25) is 0 Å². The van der Waals surface area contributed by atoms with E-state index < -0.39 is 0 Å². The molecule has 11 heavy (non-hydrogen) atoms. The van der Waals surface area contributed by atoms with Crippen molar-refractivity contribution in [1.29, 1.82) is 5.26 Å². The molecule has 0 unspecified atom stereocenters. The molecule has 0 aliphatic heterocycles. The number of aryl methyl sites for hydroxylation is 1. The molecule has 0 heterocycles. The molecule has 1 rings (SSSR count). The Balaban J connectivity index is 3.44. The van der Waals surface area contributed by atoms with Crippen LogP contribution in [-0.2, 0) is 0 Å². The average Bonchev–Trinajstić information content (AvgIpc) is 1.99. The zero-order chi connectivity index (χ0) is 8.43. The Morgan fingerprint density at radius 3 is 2.64 bits per heavy atom. The molecule has 0 aliphatic rings. The van der Waals surface area contributed by atoms with Crippen LogP contribution in [0, 0.1) is 18.3 Å². The van der Waals surface area contributed by atoms with E-state index in [9.17, 15) is 0 Å². The lowest BCUT2D eigenvalue weighted by Gasteiger charge is -2.02. The molecule has 0 saturated heterocycles. The molecule has 56 valence electrons. The lowest BCUT2D eigenvalue weighted by Crippen LogP contribution is -1.91. The minimum Gasteiger partial charge on any atom is -0.398 e. The summed E-state index contributed by atoms with van der Waals surface area (Å²) >= 11 is 3.24. The van der Waals surface area contributed by atoms with Gasteiger partial charge in [-0.2, -0.15) is 5.26 Å². The molecule has 0 bridgehead atoms. The Labute approximate surface area is 73.8 Å². The Morgan fingerprint density at radius 2 is 2.18 bits per heavy atom. The molecule has 0 radical (unpaired) electrons. The molecule has 1 aromatic rings. The van der Waals surface area contributed by atoms with E-state index in [1.54, 1.807) is 6.07 Å². The van der Waals surface area contributed by atoms with Crippen molar-refractivity contribution < 1.29 is 0 Å². The van der Waals surface area contributed by atoms with Crippen molar-refractivity contribution in [2.45, 2.75) is 6.92 Å². The second-order valence-corrected chi connectivity index (χ2v) is 3.07. The third kappa shape index (κ3) is 1.36. The number of hydrogen-bond acceptors (Lipinski definition) is 2. The van der Waals surface area contributed by atoms with Crippen molar-refractivity contribution in [3.63, 3.8) is 0 Å². The molecule has 0 aliphatic carbocycles. The van der Waals surface area contributed by atoms with Crippen LogP contribution in [0.25, 0.3) is 0 Å². The van der Waals surface area contributed by atoms with Crippen molar-refractivity contribution in [2.75, 3.05) is 5.73 Å². The number of halogens is 1. The molecule has 0 fully saturated rings. The third-order valence-electron chi connectivity index (χ3n) is 1.49. The van der Waals surface area contributed by atoms with Crippen molar-refractivity contribution >= 4 is 21.6 Å². The summed E-state index contributed by atoms with van der Waals surface area (Å²) in [5, 5.41) is 8.69. The van der Waals surface area contributed by atoms with Crippen LogP contribution in [0.3, 0.4) is 0 Å². The topological polar surface area (TPSA) is 49.8 Å². The maximum absolute atomic E-state index is 8.69. The summed E-state index contributed by atoms with van der Waals surface area (Å²) in [6, 6.07) is 5.69. The molecule has 0 saturated carbocycles. The monoisotopic (exact) mass is 210 g/mol. The van der Waals surface area contributed by atoms with Crippen LogP contribution in [0.4, 0.5) is 5.69 Å². The van der Waals surface area contributed by atoms with Crippen LogP contribution < -0.4 is 5.73 Å². The summed E-state index contributed by atoms with van der Waals surface area (Å²) in [6.07, 6.45) is 0. The molecular weight excluding hydrogens is 204 g/mol. The van der Waals surface area contributed by atoms with E-state index in [-0.39, 0.29) is 0 Å². The summed E-state index contributed by atoms with van der Waals surface area (Å²) in [5.74, 6) is 0. The highest BCUT2D eigenvalue weighted by molar-refractivity contribution is 9.10. The molecule has 2 N–H and O–H groups in total. The van der Waals surface area contributed by atoms with Crippen LogP contribution in [0.5, 0.6) is 0 Å². The second kappa shape index (κ2) is 2.93. The fourth-order valence-electron chi connectivity index (χ4n) is 0.826. The zero-order valence-corrected chi connectivity index (χ0v) is 7.64. The molecule has 3 heteroatoms. The van der Waals surface area contributed by atoms with Gasteiger partial charge in [0.15, 0.2) is 0 Å². The van der Waals surface area contributed by atoms with Crippen LogP contribution in [0.1, 0.15) is 11.1 Å². The Kier molecular flexibility index (Phi) is 2.16. The van der Waals surface area contributed by atoms with Gasteiger partial charge in [-0.15, -0.1) is 0 Å². The second-order valence-electron chi connectivity index (χ2n) is 2.27. The summed E-state index contributed by atoms with van der Waals surface area (Å²) in [6.45, 7) is 1.88. The number of rotatable bonds is 0. The van der Waals surface area contributed by atoms with Gasteiger partial charge in [0.05, 0.1) is 10.0 Å². The van der Waals surface area contributed by atoms with Crippen LogP contribution >= 0.6 is 15.9 Å². The predicted molar refractivity (Wildman–Crippen MR) is 48.0 cm³/mol. The van der Waals surface area contributed by atoms with Crippen molar-refractivity contribution in [3.8, 4) is 6.07 Å². The Hall–Kier alpha value is -1.01. The molecule has 0 spiro atoms. The van der Waals surface area contributed by atoms with E-state index >= 15 is 0 Å². The first-order chi connectivity index (χ1) is 5.16. The first kappa shape index (κ1) is 8.09. The number of anilines is 1. The number of nitrogens with zero attached hydrogens (tertiary/aromatic N) is 1. The molecule has 0 aromatic heterocycles. The summed E-state index contributed by atoms with van der Waals surface area (Å²) in [5.41, 5.74) is 7.73. The minimum atomic E-state index is 0.604. The fourth-order valence-corrected chi connectivity index (χ4v) is 1.36. The first-order valence-electron chi connectivity index (χ1n) is 3.11. The van der Waals surface area contributed by atoms with Gasteiger partial charge in [0.1, 0.15) is 6.07 Å². The number of nitrogens with two attached hydrogens (primary N) is 1. The summed E-state index contributed by atoms with van der Waals surface area (Å²) < 4.78 is 0.694. The quantitative estimate of drug-likeness (QED) is 0.668. The largest absolute Gasteiger partial charge is 0.398 e. The minimum absolute atomic E-state index is 0.604. The smallest absolute Gasteiger partial charge is 0.101 e.